The number of carbonyl (C=O) groups is 2. The summed E-state index contributed by atoms with van der Waals surface area (Å²) in [6.07, 6.45) is 0. The number of rotatable bonds is 6. The normalized spacial score (nSPS) is 20.8. The number of piperazine rings is 1. The van der Waals surface area contributed by atoms with Crippen molar-refractivity contribution in [1.29, 1.82) is 0 Å². The summed E-state index contributed by atoms with van der Waals surface area (Å²) in [6, 6.07) is 18.1. The minimum Gasteiger partial charge on any atom is -0.341 e. The number of hydrogen-bond donors (Lipinski definition) is 4. The SMILES string of the molecule is Cc1ccc([C@H](CNC(=O)C(=O)N[C@@H](C)c2ccccc2)[NH+]2CC[NH+](C)CC2)cc1. The van der Waals surface area contributed by atoms with Crippen LogP contribution < -0.4 is 20.4 Å². The number of aryl methyl sites for hydroxylation is 1. The molecule has 0 spiro atoms. The highest BCUT2D eigenvalue weighted by Crippen LogP contribution is 2.12. The molecule has 2 aromatic rings. The van der Waals surface area contributed by atoms with Gasteiger partial charge in [-0.15, -0.1) is 0 Å². The Hall–Kier alpha value is -2.70. The molecule has 0 radical (unpaired) electrons. The van der Waals surface area contributed by atoms with Crippen LogP contribution >= 0.6 is 0 Å². The van der Waals surface area contributed by atoms with Crippen LogP contribution in [-0.4, -0.2) is 51.6 Å². The van der Waals surface area contributed by atoms with E-state index in [-0.39, 0.29) is 12.1 Å². The number of amides is 2. The molecule has 0 aliphatic carbocycles. The van der Waals surface area contributed by atoms with Gasteiger partial charge in [-0.05, 0) is 19.4 Å². The molecule has 2 aromatic carbocycles. The summed E-state index contributed by atoms with van der Waals surface area (Å²) >= 11 is 0. The van der Waals surface area contributed by atoms with Crippen LogP contribution in [0.25, 0.3) is 0 Å². The Kier molecular flexibility index (Phi) is 7.60. The summed E-state index contributed by atoms with van der Waals surface area (Å²) in [4.78, 5) is 27.9. The second-order valence-corrected chi connectivity index (χ2v) is 8.39. The lowest BCUT2D eigenvalue weighted by molar-refractivity contribution is -1.02. The van der Waals surface area contributed by atoms with Crippen molar-refractivity contribution in [3.05, 3.63) is 71.3 Å². The van der Waals surface area contributed by atoms with E-state index in [2.05, 4.69) is 48.9 Å². The van der Waals surface area contributed by atoms with E-state index in [0.29, 0.717) is 6.54 Å². The van der Waals surface area contributed by atoms with Gasteiger partial charge in [0, 0.05) is 5.56 Å². The van der Waals surface area contributed by atoms with Gasteiger partial charge in [-0.1, -0.05) is 60.2 Å². The fourth-order valence-corrected chi connectivity index (χ4v) is 4.01. The van der Waals surface area contributed by atoms with Crippen molar-refractivity contribution in [3.63, 3.8) is 0 Å². The maximum absolute atomic E-state index is 12.5. The molecule has 2 atom stereocenters. The van der Waals surface area contributed by atoms with Crippen molar-refractivity contribution in [1.82, 2.24) is 10.6 Å². The molecule has 0 aromatic heterocycles. The number of likely N-dealkylation sites (N-methyl/N-ethyl adjacent to an activating group) is 1. The van der Waals surface area contributed by atoms with E-state index < -0.39 is 11.8 Å². The first-order valence-electron chi connectivity index (χ1n) is 10.8. The van der Waals surface area contributed by atoms with E-state index in [9.17, 15) is 9.59 Å². The van der Waals surface area contributed by atoms with Crippen molar-refractivity contribution in [2.24, 2.45) is 0 Å². The minimum absolute atomic E-state index is 0.141. The highest BCUT2D eigenvalue weighted by molar-refractivity contribution is 6.35. The Balaban J connectivity index is 1.62. The summed E-state index contributed by atoms with van der Waals surface area (Å²) in [5.74, 6) is -1.17. The fraction of sp³-hybridized carbons (Fsp3) is 0.417. The maximum atomic E-state index is 12.5. The topological polar surface area (TPSA) is 67.1 Å². The summed E-state index contributed by atoms with van der Waals surface area (Å²) < 4.78 is 0. The number of nitrogens with one attached hydrogen (secondary N) is 4. The van der Waals surface area contributed by atoms with Crippen LogP contribution in [0.1, 0.15) is 35.7 Å². The molecule has 3 rings (SSSR count). The van der Waals surface area contributed by atoms with E-state index in [1.54, 1.807) is 4.90 Å². The lowest BCUT2D eigenvalue weighted by atomic mass is 10.0. The molecule has 6 nitrogen and oxygen atoms in total. The summed E-state index contributed by atoms with van der Waals surface area (Å²) in [6.45, 7) is 8.73. The fourth-order valence-electron chi connectivity index (χ4n) is 4.01. The zero-order chi connectivity index (χ0) is 21.5. The quantitative estimate of drug-likeness (QED) is 0.483. The summed E-state index contributed by atoms with van der Waals surface area (Å²) in [5, 5.41) is 5.67. The molecule has 6 heteroatoms. The average Bonchev–Trinajstić information content (AvgIpc) is 2.76. The Morgan fingerprint density at radius 3 is 2.17 bits per heavy atom. The van der Waals surface area contributed by atoms with Gasteiger partial charge in [0.2, 0.25) is 0 Å². The molecular weight excluding hydrogens is 376 g/mol. The van der Waals surface area contributed by atoms with Crippen molar-refractivity contribution in [2.75, 3.05) is 39.8 Å². The third kappa shape index (κ3) is 5.90. The molecule has 0 unspecified atom stereocenters. The molecule has 0 saturated carbocycles. The molecule has 1 aliphatic rings. The standard InChI is InChI=1S/C24H32N4O2/c1-18-9-11-21(12-10-18)22(28-15-13-27(3)14-16-28)17-25-23(29)24(30)26-19(2)20-7-5-4-6-8-20/h4-12,19,22H,13-17H2,1-3H3,(H,25,29)(H,26,30)/p+2/t19-,22-/m0/s1. The molecular formula is C24H34N4O2+2. The summed E-state index contributed by atoms with van der Waals surface area (Å²) in [7, 11) is 2.22. The van der Waals surface area contributed by atoms with E-state index in [0.717, 1.165) is 31.7 Å². The summed E-state index contributed by atoms with van der Waals surface area (Å²) in [5.41, 5.74) is 3.39. The molecule has 1 aliphatic heterocycles. The Morgan fingerprint density at radius 1 is 0.900 bits per heavy atom. The zero-order valence-electron chi connectivity index (χ0n) is 18.2. The molecule has 1 saturated heterocycles. The largest absolute Gasteiger partial charge is 0.341 e. The first-order valence-corrected chi connectivity index (χ1v) is 10.8. The lowest BCUT2D eigenvalue weighted by Gasteiger charge is -2.33. The Labute approximate surface area is 179 Å². The van der Waals surface area contributed by atoms with Gasteiger partial charge in [0.15, 0.2) is 0 Å². The molecule has 2 amide bonds. The van der Waals surface area contributed by atoms with Crippen LogP contribution in [0.3, 0.4) is 0 Å². The van der Waals surface area contributed by atoms with Crippen molar-refractivity contribution < 1.29 is 19.4 Å². The maximum Gasteiger partial charge on any atom is 0.309 e. The monoisotopic (exact) mass is 410 g/mol. The van der Waals surface area contributed by atoms with Crippen LogP contribution in [0.2, 0.25) is 0 Å². The van der Waals surface area contributed by atoms with Gasteiger partial charge in [0.25, 0.3) is 0 Å². The number of carbonyl (C=O) groups excluding carboxylic acids is 2. The molecule has 4 N–H and O–H groups in total. The third-order valence-electron chi connectivity index (χ3n) is 6.04. The second kappa shape index (κ2) is 10.4. The predicted molar refractivity (Wildman–Crippen MR) is 117 cm³/mol. The molecule has 1 heterocycles. The van der Waals surface area contributed by atoms with Gasteiger partial charge < -0.3 is 20.4 Å². The van der Waals surface area contributed by atoms with E-state index in [1.165, 1.54) is 16.0 Å². The van der Waals surface area contributed by atoms with E-state index >= 15 is 0 Å². The Morgan fingerprint density at radius 2 is 1.53 bits per heavy atom. The Bertz CT molecular complexity index is 830. The van der Waals surface area contributed by atoms with Crippen molar-refractivity contribution in [3.8, 4) is 0 Å². The molecule has 1 fully saturated rings. The van der Waals surface area contributed by atoms with Gasteiger partial charge in [-0.25, -0.2) is 0 Å². The minimum atomic E-state index is -0.591. The van der Waals surface area contributed by atoms with Gasteiger partial charge in [-0.2, -0.15) is 0 Å². The highest BCUT2D eigenvalue weighted by atomic mass is 16.2. The second-order valence-electron chi connectivity index (χ2n) is 8.39. The van der Waals surface area contributed by atoms with Crippen LogP contribution in [0.15, 0.2) is 54.6 Å². The van der Waals surface area contributed by atoms with Gasteiger partial charge in [-0.3, -0.25) is 9.59 Å². The van der Waals surface area contributed by atoms with Gasteiger partial charge >= 0.3 is 11.8 Å². The number of quaternary nitrogens is 2. The predicted octanol–water partition coefficient (Wildman–Crippen LogP) is -0.557. The van der Waals surface area contributed by atoms with Crippen molar-refractivity contribution >= 4 is 11.8 Å². The van der Waals surface area contributed by atoms with Crippen LogP contribution in [0.4, 0.5) is 0 Å². The lowest BCUT2D eigenvalue weighted by Crippen LogP contribution is -3.27. The van der Waals surface area contributed by atoms with Crippen LogP contribution in [-0.2, 0) is 9.59 Å². The van der Waals surface area contributed by atoms with Gasteiger partial charge in [0.05, 0.1) is 19.6 Å². The smallest absolute Gasteiger partial charge is 0.309 e. The van der Waals surface area contributed by atoms with Gasteiger partial charge in [0.1, 0.15) is 32.2 Å². The highest BCUT2D eigenvalue weighted by Gasteiger charge is 2.30. The van der Waals surface area contributed by atoms with Crippen LogP contribution in [0.5, 0.6) is 0 Å². The molecule has 0 bridgehead atoms. The van der Waals surface area contributed by atoms with E-state index in [1.807, 2.05) is 37.3 Å². The van der Waals surface area contributed by atoms with Crippen molar-refractivity contribution in [2.45, 2.75) is 25.9 Å². The van der Waals surface area contributed by atoms with E-state index in [4.69, 9.17) is 0 Å². The number of hydrogen-bond acceptors (Lipinski definition) is 2. The van der Waals surface area contributed by atoms with Crippen LogP contribution in [0, 0.1) is 6.92 Å². The first-order chi connectivity index (χ1) is 14.4. The first kappa shape index (κ1) is 22.0. The molecule has 160 valence electrons. The number of benzene rings is 2. The molecule has 30 heavy (non-hydrogen) atoms. The zero-order valence-corrected chi connectivity index (χ0v) is 18.2. The average molecular weight is 411 g/mol. The third-order valence-corrected chi connectivity index (χ3v) is 6.04.